The third kappa shape index (κ3) is 4.69. The average molecular weight is 421 g/mol. The molecule has 0 unspecified atom stereocenters. The molecule has 2 aromatic carbocycles. The molecule has 0 bridgehead atoms. The maximum atomic E-state index is 12.8. The van der Waals surface area contributed by atoms with E-state index < -0.39 is 0 Å². The van der Waals surface area contributed by atoms with Gasteiger partial charge in [0.1, 0.15) is 0 Å². The standard InChI is InChI=1S/C23H24N4O2S/c1-26-11-13-27(14-12-26)19-8-6-18(7-9-19)24-23(29)20-4-2-3-5-21(20)25-22(28)17-10-15-30-16-17/h2-10,15-16H,11-14H2,1H3,(H,24,29)(H,25,28). The first kappa shape index (κ1) is 20.1. The zero-order chi connectivity index (χ0) is 20.9. The second kappa shape index (κ2) is 9.11. The number of likely N-dealkylation sites (N-methyl/N-ethyl adjacent to an activating group) is 1. The Morgan fingerprint density at radius 3 is 2.30 bits per heavy atom. The number of nitrogens with zero attached hydrogens (tertiary/aromatic N) is 2. The minimum Gasteiger partial charge on any atom is -0.369 e. The van der Waals surface area contributed by atoms with Gasteiger partial charge in [0.05, 0.1) is 16.8 Å². The van der Waals surface area contributed by atoms with Crippen molar-refractivity contribution in [3.05, 3.63) is 76.5 Å². The largest absolute Gasteiger partial charge is 0.369 e. The second-order valence-corrected chi connectivity index (χ2v) is 8.08. The summed E-state index contributed by atoms with van der Waals surface area (Å²) in [5.74, 6) is -0.489. The van der Waals surface area contributed by atoms with E-state index in [1.807, 2.05) is 29.6 Å². The molecule has 3 aromatic rings. The van der Waals surface area contributed by atoms with Gasteiger partial charge in [0.2, 0.25) is 0 Å². The van der Waals surface area contributed by atoms with Gasteiger partial charge >= 0.3 is 0 Å². The number of amides is 2. The van der Waals surface area contributed by atoms with Gasteiger partial charge in [-0.2, -0.15) is 11.3 Å². The minimum atomic E-state index is -0.261. The lowest BCUT2D eigenvalue weighted by atomic mass is 10.1. The summed E-state index contributed by atoms with van der Waals surface area (Å²) in [7, 11) is 2.14. The Morgan fingerprint density at radius 2 is 1.60 bits per heavy atom. The van der Waals surface area contributed by atoms with Crippen molar-refractivity contribution in [1.82, 2.24) is 4.90 Å². The smallest absolute Gasteiger partial charge is 0.257 e. The molecule has 30 heavy (non-hydrogen) atoms. The van der Waals surface area contributed by atoms with Gasteiger partial charge in [0.25, 0.3) is 11.8 Å². The van der Waals surface area contributed by atoms with Crippen LogP contribution in [0.5, 0.6) is 0 Å². The van der Waals surface area contributed by atoms with E-state index in [1.54, 1.807) is 35.7 Å². The van der Waals surface area contributed by atoms with Crippen LogP contribution in [-0.2, 0) is 0 Å². The SMILES string of the molecule is CN1CCN(c2ccc(NC(=O)c3ccccc3NC(=O)c3ccsc3)cc2)CC1. The summed E-state index contributed by atoms with van der Waals surface area (Å²) in [5.41, 5.74) is 3.36. The minimum absolute atomic E-state index is 0.229. The van der Waals surface area contributed by atoms with E-state index in [9.17, 15) is 9.59 Å². The van der Waals surface area contributed by atoms with E-state index in [2.05, 4.69) is 27.5 Å². The van der Waals surface area contributed by atoms with Crippen molar-refractivity contribution < 1.29 is 9.59 Å². The van der Waals surface area contributed by atoms with E-state index in [1.165, 1.54) is 11.3 Å². The van der Waals surface area contributed by atoms with Crippen molar-refractivity contribution >= 4 is 40.2 Å². The number of benzene rings is 2. The van der Waals surface area contributed by atoms with E-state index in [-0.39, 0.29) is 11.8 Å². The molecule has 0 radical (unpaired) electrons. The van der Waals surface area contributed by atoms with Gasteiger partial charge in [0.15, 0.2) is 0 Å². The van der Waals surface area contributed by atoms with Crippen molar-refractivity contribution in [2.75, 3.05) is 48.8 Å². The summed E-state index contributed by atoms with van der Waals surface area (Å²) in [4.78, 5) is 29.9. The highest BCUT2D eigenvalue weighted by Crippen LogP contribution is 2.22. The fraction of sp³-hybridized carbons (Fsp3) is 0.217. The molecule has 1 saturated heterocycles. The molecule has 0 atom stereocenters. The van der Waals surface area contributed by atoms with Gasteiger partial charge in [-0.25, -0.2) is 0 Å². The molecule has 7 heteroatoms. The first-order valence-corrected chi connectivity index (χ1v) is 10.8. The molecule has 4 rings (SSSR count). The number of anilines is 3. The Labute approximate surface area is 180 Å². The normalized spacial score (nSPS) is 14.4. The number of para-hydroxylation sites is 1. The first-order valence-electron chi connectivity index (χ1n) is 9.87. The summed E-state index contributed by atoms with van der Waals surface area (Å²) in [6.07, 6.45) is 0. The molecule has 1 aliphatic heterocycles. The Balaban J connectivity index is 1.43. The fourth-order valence-electron chi connectivity index (χ4n) is 3.40. The summed E-state index contributed by atoms with van der Waals surface area (Å²) >= 11 is 1.46. The van der Waals surface area contributed by atoms with Crippen LogP contribution in [0.1, 0.15) is 20.7 Å². The van der Waals surface area contributed by atoms with Crippen molar-refractivity contribution in [2.24, 2.45) is 0 Å². The zero-order valence-corrected chi connectivity index (χ0v) is 17.6. The molecule has 1 aromatic heterocycles. The predicted molar refractivity (Wildman–Crippen MR) is 123 cm³/mol. The van der Waals surface area contributed by atoms with Crippen LogP contribution in [-0.4, -0.2) is 49.9 Å². The van der Waals surface area contributed by atoms with E-state index in [0.717, 1.165) is 37.6 Å². The third-order valence-electron chi connectivity index (χ3n) is 5.20. The number of carbonyl (C=O) groups excluding carboxylic acids is 2. The number of hydrogen-bond acceptors (Lipinski definition) is 5. The lowest BCUT2D eigenvalue weighted by molar-refractivity contribution is 0.102. The van der Waals surface area contributed by atoms with E-state index >= 15 is 0 Å². The van der Waals surface area contributed by atoms with Crippen LogP contribution in [0.25, 0.3) is 0 Å². The molecule has 0 saturated carbocycles. The molecule has 1 fully saturated rings. The molecule has 0 spiro atoms. The zero-order valence-electron chi connectivity index (χ0n) is 16.8. The van der Waals surface area contributed by atoms with Gasteiger partial charge in [-0.1, -0.05) is 12.1 Å². The van der Waals surface area contributed by atoms with Gasteiger partial charge in [0, 0.05) is 42.9 Å². The Kier molecular flexibility index (Phi) is 6.11. The van der Waals surface area contributed by atoms with Crippen LogP contribution in [0.3, 0.4) is 0 Å². The molecule has 2 amide bonds. The van der Waals surface area contributed by atoms with E-state index in [4.69, 9.17) is 0 Å². The second-order valence-electron chi connectivity index (χ2n) is 7.30. The summed E-state index contributed by atoms with van der Waals surface area (Å²) in [6.45, 7) is 4.09. The number of hydrogen-bond donors (Lipinski definition) is 2. The number of rotatable bonds is 5. The number of carbonyl (C=O) groups is 2. The molecule has 0 aliphatic carbocycles. The summed E-state index contributed by atoms with van der Waals surface area (Å²) in [6, 6.07) is 16.7. The Hall–Kier alpha value is -3.16. The number of nitrogens with one attached hydrogen (secondary N) is 2. The Morgan fingerprint density at radius 1 is 0.867 bits per heavy atom. The first-order chi connectivity index (χ1) is 14.6. The van der Waals surface area contributed by atoms with Crippen LogP contribution in [0.4, 0.5) is 17.1 Å². The van der Waals surface area contributed by atoms with Gasteiger partial charge < -0.3 is 20.4 Å². The van der Waals surface area contributed by atoms with Crippen molar-refractivity contribution in [1.29, 1.82) is 0 Å². The highest BCUT2D eigenvalue weighted by Gasteiger charge is 2.16. The molecule has 1 aliphatic rings. The molecular formula is C23H24N4O2S. The average Bonchev–Trinajstić information content (AvgIpc) is 3.30. The topological polar surface area (TPSA) is 64.7 Å². The monoisotopic (exact) mass is 420 g/mol. The number of piperazine rings is 1. The van der Waals surface area contributed by atoms with Crippen molar-refractivity contribution in [2.45, 2.75) is 0 Å². The van der Waals surface area contributed by atoms with Gasteiger partial charge in [-0.15, -0.1) is 0 Å². The third-order valence-corrected chi connectivity index (χ3v) is 5.88. The van der Waals surface area contributed by atoms with Gasteiger partial charge in [-0.3, -0.25) is 9.59 Å². The molecule has 154 valence electrons. The van der Waals surface area contributed by atoms with Crippen LogP contribution in [0, 0.1) is 0 Å². The molecule has 2 heterocycles. The van der Waals surface area contributed by atoms with E-state index in [0.29, 0.717) is 16.8 Å². The number of thiophene rings is 1. The Bertz CT molecular complexity index is 1010. The van der Waals surface area contributed by atoms with Crippen molar-refractivity contribution in [3.8, 4) is 0 Å². The predicted octanol–water partition coefficient (Wildman–Crippen LogP) is 4.00. The maximum absolute atomic E-state index is 12.8. The highest BCUT2D eigenvalue weighted by molar-refractivity contribution is 7.08. The maximum Gasteiger partial charge on any atom is 0.257 e. The molecule has 6 nitrogen and oxygen atoms in total. The molecular weight excluding hydrogens is 396 g/mol. The fourth-order valence-corrected chi connectivity index (χ4v) is 4.03. The summed E-state index contributed by atoms with van der Waals surface area (Å²) < 4.78 is 0. The van der Waals surface area contributed by atoms with Crippen LogP contribution in [0.2, 0.25) is 0 Å². The molecule has 2 N–H and O–H groups in total. The van der Waals surface area contributed by atoms with Crippen LogP contribution in [0.15, 0.2) is 65.4 Å². The summed E-state index contributed by atoms with van der Waals surface area (Å²) in [5, 5.41) is 9.38. The highest BCUT2D eigenvalue weighted by atomic mass is 32.1. The van der Waals surface area contributed by atoms with Crippen LogP contribution >= 0.6 is 11.3 Å². The van der Waals surface area contributed by atoms with Gasteiger partial charge in [-0.05, 0) is 54.9 Å². The lowest BCUT2D eigenvalue weighted by Gasteiger charge is -2.34. The lowest BCUT2D eigenvalue weighted by Crippen LogP contribution is -2.44. The van der Waals surface area contributed by atoms with Crippen LogP contribution < -0.4 is 15.5 Å². The quantitative estimate of drug-likeness (QED) is 0.655. The van der Waals surface area contributed by atoms with Crippen molar-refractivity contribution in [3.63, 3.8) is 0 Å².